The van der Waals surface area contributed by atoms with Gasteiger partial charge in [-0.05, 0) is 12.3 Å². The van der Waals surface area contributed by atoms with Crippen molar-refractivity contribution in [3.63, 3.8) is 0 Å². The van der Waals surface area contributed by atoms with E-state index in [2.05, 4.69) is 16.9 Å². The highest BCUT2D eigenvalue weighted by molar-refractivity contribution is 5.62. The van der Waals surface area contributed by atoms with Crippen molar-refractivity contribution >= 4 is 11.5 Å². The van der Waals surface area contributed by atoms with Crippen molar-refractivity contribution in [2.24, 2.45) is 18.7 Å². The number of hydrogen-bond donors (Lipinski definition) is 1. The van der Waals surface area contributed by atoms with Crippen LogP contribution in [0.3, 0.4) is 0 Å². The summed E-state index contributed by atoms with van der Waals surface area (Å²) in [5, 5.41) is 15.9. The number of rotatable bonds is 4. The zero-order valence-electron chi connectivity index (χ0n) is 13.2. The molecule has 1 saturated heterocycles. The standard InChI is InChI=1S/C14H25N5O2/c1-5-10-8-18(7-6-11(10)15)14-13(19(20)21)12(9(2)3)16-17(14)4/h9-11H,5-8,15H2,1-4H3. The molecule has 0 spiro atoms. The van der Waals surface area contributed by atoms with Crippen LogP contribution in [0.25, 0.3) is 0 Å². The summed E-state index contributed by atoms with van der Waals surface area (Å²) in [6.45, 7) is 7.48. The van der Waals surface area contributed by atoms with Crippen LogP contribution in [0.15, 0.2) is 0 Å². The Hall–Kier alpha value is -1.63. The van der Waals surface area contributed by atoms with E-state index in [9.17, 15) is 10.1 Å². The van der Waals surface area contributed by atoms with Gasteiger partial charge in [0, 0.05) is 32.1 Å². The molecule has 1 aromatic rings. The summed E-state index contributed by atoms with van der Waals surface area (Å²) in [5.41, 5.74) is 6.84. The first-order chi connectivity index (χ1) is 9.86. The van der Waals surface area contributed by atoms with Crippen LogP contribution in [-0.4, -0.2) is 33.8 Å². The molecule has 0 saturated carbocycles. The molecule has 1 aromatic heterocycles. The highest BCUT2D eigenvalue weighted by Crippen LogP contribution is 2.37. The molecule has 7 heteroatoms. The zero-order chi connectivity index (χ0) is 15.7. The fourth-order valence-electron chi connectivity index (χ4n) is 3.12. The fourth-order valence-corrected chi connectivity index (χ4v) is 3.12. The smallest absolute Gasteiger partial charge is 0.334 e. The second kappa shape index (κ2) is 6.01. The molecule has 2 atom stereocenters. The molecule has 0 aliphatic carbocycles. The molecule has 0 radical (unpaired) electrons. The molecule has 118 valence electrons. The molecule has 1 aliphatic rings. The van der Waals surface area contributed by atoms with Gasteiger partial charge < -0.3 is 10.6 Å². The van der Waals surface area contributed by atoms with E-state index < -0.39 is 0 Å². The normalized spacial score (nSPS) is 22.9. The van der Waals surface area contributed by atoms with Crippen LogP contribution < -0.4 is 10.6 Å². The van der Waals surface area contributed by atoms with E-state index in [4.69, 9.17) is 5.73 Å². The van der Waals surface area contributed by atoms with Gasteiger partial charge in [0.2, 0.25) is 5.82 Å². The van der Waals surface area contributed by atoms with Gasteiger partial charge in [-0.2, -0.15) is 5.10 Å². The third-order valence-electron chi connectivity index (χ3n) is 4.36. The van der Waals surface area contributed by atoms with Crippen LogP contribution in [0.5, 0.6) is 0 Å². The third kappa shape index (κ3) is 2.88. The number of nitrogens with two attached hydrogens (primary N) is 1. The van der Waals surface area contributed by atoms with Crippen LogP contribution in [0, 0.1) is 16.0 Å². The highest BCUT2D eigenvalue weighted by atomic mass is 16.6. The van der Waals surface area contributed by atoms with E-state index in [1.54, 1.807) is 11.7 Å². The molecule has 7 nitrogen and oxygen atoms in total. The molecule has 0 amide bonds. The summed E-state index contributed by atoms with van der Waals surface area (Å²) in [5.74, 6) is 1.02. The van der Waals surface area contributed by atoms with Gasteiger partial charge in [-0.3, -0.25) is 10.1 Å². The monoisotopic (exact) mass is 295 g/mol. The fraction of sp³-hybridized carbons (Fsp3) is 0.786. The number of aryl methyl sites for hydroxylation is 1. The average Bonchev–Trinajstić information content (AvgIpc) is 2.77. The van der Waals surface area contributed by atoms with Crippen LogP contribution in [0.4, 0.5) is 11.5 Å². The second-order valence-corrected chi connectivity index (χ2v) is 6.16. The number of hydrogen-bond acceptors (Lipinski definition) is 5. The van der Waals surface area contributed by atoms with Crippen LogP contribution in [0.1, 0.15) is 45.2 Å². The van der Waals surface area contributed by atoms with Crippen molar-refractivity contribution < 1.29 is 4.92 Å². The second-order valence-electron chi connectivity index (χ2n) is 6.16. The predicted molar refractivity (Wildman–Crippen MR) is 82.5 cm³/mol. The first kappa shape index (κ1) is 15.8. The molecule has 2 N–H and O–H groups in total. The molecular formula is C14H25N5O2. The maximum atomic E-state index is 11.5. The van der Waals surface area contributed by atoms with E-state index in [0.29, 0.717) is 17.4 Å². The van der Waals surface area contributed by atoms with Crippen molar-refractivity contribution in [3.8, 4) is 0 Å². The molecule has 2 rings (SSSR count). The van der Waals surface area contributed by atoms with Crippen LogP contribution in [0.2, 0.25) is 0 Å². The number of aromatic nitrogens is 2. The molecule has 21 heavy (non-hydrogen) atoms. The van der Waals surface area contributed by atoms with Crippen LogP contribution in [-0.2, 0) is 7.05 Å². The van der Waals surface area contributed by atoms with Crippen molar-refractivity contribution in [3.05, 3.63) is 15.8 Å². The number of piperidine rings is 1. The molecule has 0 bridgehead atoms. The Balaban J connectivity index is 2.41. The van der Waals surface area contributed by atoms with Gasteiger partial charge in [0.15, 0.2) is 0 Å². The summed E-state index contributed by atoms with van der Waals surface area (Å²) in [6, 6.07) is 0.183. The Morgan fingerprint density at radius 3 is 2.71 bits per heavy atom. The Morgan fingerprint density at radius 1 is 1.52 bits per heavy atom. The van der Waals surface area contributed by atoms with Crippen molar-refractivity contribution in [2.45, 2.75) is 45.6 Å². The largest absolute Gasteiger partial charge is 0.351 e. The highest BCUT2D eigenvalue weighted by Gasteiger charge is 2.35. The SMILES string of the molecule is CCC1CN(c2c([N+](=O)[O-])c(C(C)C)nn2C)CCC1N. The van der Waals surface area contributed by atoms with E-state index in [-0.39, 0.29) is 22.6 Å². The number of nitro groups is 1. The maximum Gasteiger partial charge on any atom is 0.334 e. The summed E-state index contributed by atoms with van der Waals surface area (Å²) < 4.78 is 1.65. The Kier molecular flexibility index (Phi) is 4.51. The van der Waals surface area contributed by atoms with Crippen molar-refractivity contribution in [1.82, 2.24) is 9.78 Å². The lowest BCUT2D eigenvalue weighted by Gasteiger charge is -2.37. The topological polar surface area (TPSA) is 90.2 Å². The van der Waals surface area contributed by atoms with E-state index in [0.717, 1.165) is 25.9 Å². The van der Waals surface area contributed by atoms with Crippen LogP contribution >= 0.6 is 0 Å². The van der Waals surface area contributed by atoms with Gasteiger partial charge in [-0.25, -0.2) is 4.68 Å². The molecule has 1 aliphatic heterocycles. The van der Waals surface area contributed by atoms with E-state index in [1.165, 1.54) is 0 Å². The lowest BCUT2D eigenvalue weighted by atomic mass is 9.90. The molecule has 2 unspecified atom stereocenters. The number of anilines is 1. The zero-order valence-corrected chi connectivity index (χ0v) is 13.2. The van der Waals surface area contributed by atoms with Gasteiger partial charge in [-0.15, -0.1) is 0 Å². The number of nitrogens with zero attached hydrogens (tertiary/aromatic N) is 4. The molecule has 1 fully saturated rings. The minimum Gasteiger partial charge on any atom is -0.351 e. The molecule has 0 aromatic carbocycles. The van der Waals surface area contributed by atoms with Gasteiger partial charge in [-0.1, -0.05) is 27.2 Å². The van der Waals surface area contributed by atoms with Crippen molar-refractivity contribution in [1.29, 1.82) is 0 Å². The maximum absolute atomic E-state index is 11.5. The third-order valence-corrected chi connectivity index (χ3v) is 4.36. The minimum absolute atomic E-state index is 0.0272. The molecular weight excluding hydrogens is 270 g/mol. The summed E-state index contributed by atoms with van der Waals surface area (Å²) in [4.78, 5) is 13.3. The lowest BCUT2D eigenvalue weighted by molar-refractivity contribution is -0.385. The quantitative estimate of drug-likeness (QED) is 0.678. The summed E-state index contributed by atoms with van der Waals surface area (Å²) >= 11 is 0. The van der Waals surface area contributed by atoms with Crippen molar-refractivity contribution in [2.75, 3.05) is 18.0 Å². The average molecular weight is 295 g/mol. The van der Waals surface area contributed by atoms with Gasteiger partial charge in [0.1, 0.15) is 5.69 Å². The van der Waals surface area contributed by atoms with Gasteiger partial charge in [0.05, 0.1) is 4.92 Å². The van der Waals surface area contributed by atoms with E-state index >= 15 is 0 Å². The Morgan fingerprint density at radius 2 is 2.19 bits per heavy atom. The van der Waals surface area contributed by atoms with E-state index in [1.807, 2.05) is 13.8 Å². The first-order valence-electron chi connectivity index (χ1n) is 7.58. The first-order valence-corrected chi connectivity index (χ1v) is 7.58. The Labute approximate surface area is 125 Å². The Bertz CT molecular complexity index is 526. The van der Waals surface area contributed by atoms with Gasteiger partial charge in [0.25, 0.3) is 0 Å². The molecule has 2 heterocycles. The lowest BCUT2D eigenvalue weighted by Crippen LogP contribution is -2.47. The summed E-state index contributed by atoms with van der Waals surface area (Å²) in [6.07, 6.45) is 1.85. The predicted octanol–water partition coefficient (Wildman–Crippen LogP) is 2.02. The minimum atomic E-state index is -0.298. The summed E-state index contributed by atoms with van der Waals surface area (Å²) in [7, 11) is 1.78. The van der Waals surface area contributed by atoms with Gasteiger partial charge >= 0.3 is 5.69 Å².